The number of nitrogens with two attached hydrogens (primary N) is 1. The molecule has 1 unspecified atom stereocenters. The third-order valence-corrected chi connectivity index (χ3v) is 5.25. The molecule has 12 heteroatoms. The molecule has 5 N–H and O–H groups in total. The molecule has 30 heavy (non-hydrogen) atoms. The van der Waals surface area contributed by atoms with Crippen LogP contribution in [0.25, 0.3) is 0 Å². The Balaban J connectivity index is 0.00000218. The van der Waals surface area contributed by atoms with Gasteiger partial charge in [0, 0.05) is 23.9 Å². The topological polar surface area (TPSA) is 201 Å². The molecule has 0 aromatic rings. The van der Waals surface area contributed by atoms with Crippen LogP contribution >= 0.6 is 0 Å². The van der Waals surface area contributed by atoms with Gasteiger partial charge < -0.3 is 31.1 Å². The van der Waals surface area contributed by atoms with Crippen LogP contribution in [-0.4, -0.2) is 87.1 Å². The van der Waals surface area contributed by atoms with E-state index in [1.807, 2.05) is 0 Å². The largest absolute Gasteiger partial charge is 0.393 e. The Kier molecular flexibility index (Phi) is 9.61. The Morgan fingerprint density at radius 3 is 2.07 bits per heavy atom. The molecule has 0 radical (unpaired) electrons. The zero-order chi connectivity index (χ0) is 23.0. The molecule has 0 aromatic carbocycles. The minimum absolute atomic E-state index is 0.0532. The maximum Gasteiger partial charge on any atom is 0.246 e. The van der Waals surface area contributed by atoms with Gasteiger partial charge in [-0.1, -0.05) is 0 Å². The van der Waals surface area contributed by atoms with Crippen molar-refractivity contribution >= 4 is 23.6 Å². The van der Waals surface area contributed by atoms with E-state index in [1.165, 1.54) is 23.6 Å². The number of primary amides is 1. The van der Waals surface area contributed by atoms with Gasteiger partial charge in [-0.3, -0.25) is 19.2 Å². The Bertz CT molecular complexity index is 667. The second-order valence-electron chi connectivity index (χ2n) is 7.62. The van der Waals surface area contributed by atoms with Crippen LogP contribution in [0.4, 0.5) is 0 Å². The van der Waals surface area contributed by atoms with Gasteiger partial charge in [0.25, 0.3) is 0 Å². The predicted octanol–water partition coefficient (Wildman–Crippen LogP) is -1.88. The third-order valence-electron chi connectivity index (χ3n) is 5.25. The molecule has 2 heterocycles. The quantitative estimate of drug-likeness (QED) is 0.339. The number of likely N-dealkylation sites (tertiary alicyclic amines) is 2. The lowest BCUT2D eigenvalue weighted by Crippen LogP contribution is -2.57. The monoisotopic (exact) mass is 426 g/mol. The number of nitrogens with zero attached hydrogens (tertiary/aromatic N) is 4. The molecular weight excluding hydrogens is 396 g/mol. The van der Waals surface area contributed by atoms with E-state index in [-0.39, 0.29) is 18.2 Å². The highest BCUT2D eigenvalue weighted by Crippen LogP contribution is 2.25. The first kappa shape index (κ1) is 25.3. The summed E-state index contributed by atoms with van der Waals surface area (Å²) in [7, 11) is 0. The molecule has 2 rings (SSSR count). The van der Waals surface area contributed by atoms with Gasteiger partial charge >= 0.3 is 0 Å². The fraction of sp³-hybridized carbons (Fsp3) is 0.778. The minimum atomic E-state index is -1.24. The second-order valence-corrected chi connectivity index (χ2v) is 7.62. The minimum Gasteiger partial charge on any atom is -0.393 e. The molecule has 0 aliphatic carbocycles. The Hall–Kier alpha value is -2.78. The standard InChI is InChI=1S/C18H30N4O6.N2/c1-10(23)9-14(25)21-7-4-6-13(21)18(28)22-8-3-5-12(22)17(27)20-15(11(2)24)16(19)26;1-2/h10-13,15,23-24H,3-9H2,1-2H3,(H2,19,26)(H,20,27);/t10-,11-,12+,13+,15?;/m1./s1. The van der Waals surface area contributed by atoms with E-state index in [4.69, 9.17) is 16.5 Å². The van der Waals surface area contributed by atoms with Crippen LogP contribution in [0.5, 0.6) is 0 Å². The van der Waals surface area contributed by atoms with E-state index >= 15 is 0 Å². The summed E-state index contributed by atoms with van der Waals surface area (Å²) in [5, 5.41) is 33.5. The van der Waals surface area contributed by atoms with Crippen LogP contribution < -0.4 is 11.1 Å². The van der Waals surface area contributed by atoms with E-state index in [9.17, 15) is 29.4 Å². The fourth-order valence-corrected chi connectivity index (χ4v) is 3.87. The summed E-state index contributed by atoms with van der Waals surface area (Å²) in [6.07, 6.45) is 0.231. The van der Waals surface area contributed by atoms with Crippen LogP contribution in [0, 0.1) is 10.8 Å². The molecular formula is C18H30N6O6. The summed E-state index contributed by atoms with van der Waals surface area (Å²) < 4.78 is 0. The molecule has 0 bridgehead atoms. The van der Waals surface area contributed by atoms with E-state index in [1.54, 1.807) is 0 Å². The number of carbonyl (C=O) groups is 4. The lowest BCUT2D eigenvalue weighted by atomic mass is 10.1. The highest BCUT2D eigenvalue weighted by molar-refractivity contribution is 5.94. The van der Waals surface area contributed by atoms with Crippen molar-refractivity contribution in [1.29, 1.82) is 10.8 Å². The Labute approximate surface area is 174 Å². The summed E-state index contributed by atoms with van der Waals surface area (Å²) in [6, 6.07) is -2.66. The van der Waals surface area contributed by atoms with Crippen molar-refractivity contribution in [3.05, 3.63) is 0 Å². The number of nitrogens with one attached hydrogen (secondary N) is 1. The molecule has 0 saturated carbocycles. The van der Waals surface area contributed by atoms with Gasteiger partial charge in [-0.05, 0) is 39.5 Å². The van der Waals surface area contributed by atoms with Crippen LogP contribution in [0.15, 0.2) is 0 Å². The normalized spacial score (nSPS) is 23.7. The number of aliphatic hydroxyl groups is 2. The summed E-state index contributed by atoms with van der Waals surface area (Å²) in [4.78, 5) is 52.4. The van der Waals surface area contributed by atoms with Gasteiger partial charge in [0.15, 0.2) is 0 Å². The average molecular weight is 426 g/mol. The highest BCUT2D eigenvalue weighted by Gasteiger charge is 2.42. The van der Waals surface area contributed by atoms with Gasteiger partial charge in [-0.2, -0.15) is 0 Å². The molecule has 0 spiro atoms. The van der Waals surface area contributed by atoms with Crippen molar-refractivity contribution in [2.45, 2.75) is 76.3 Å². The van der Waals surface area contributed by atoms with Gasteiger partial charge in [-0.25, -0.2) is 0 Å². The van der Waals surface area contributed by atoms with Crippen molar-refractivity contribution < 1.29 is 29.4 Å². The summed E-state index contributed by atoms with van der Waals surface area (Å²) >= 11 is 0. The van der Waals surface area contributed by atoms with E-state index in [2.05, 4.69) is 5.32 Å². The molecule has 168 valence electrons. The third kappa shape index (κ3) is 6.11. The SMILES string of the molecule is C[C@@H](O)CC(=O)N1CCC[C@H]1C(=O)N1CCC[C@H]1C(=O)NC(C(N)=O)[C@@H](C)O.N#N. The van der Waals surface area contributed by atoms with E-state index in [0.717, 1.165) is 0 Å². The van der Waals surface area contributed by atoms with Crippen molar-refractivity contribution in [2.75, 3.05) is 13.1 Å². The van der Waals surface area contributed by atoms with Gasteiger partial charge in [0.2, 0.25) is 23.6 Å². The Morgan fingerprint density at radius 2 is 1.57 bits per heavy atom. The summed E-state index contributed by atoms with van der Waals surface area (Å²) in [5.41, 5.74) is 5.21. The van der Waals surface area contributed by atoms with Crippen LogP contribution in [-0.2, 0) is 19.2 Å². The zero-order valence-corrected chi connectivity index (χ0v) is 17.2. The molecule has 4 amide bonds. The van der Waals surface area contributed by atoms with Gasteiger partial charge in [0.05, 0.1) is 18.6 Å². The average Bonchev–Trinajstić information content (AvgIpc) is 3.35. The molecule has 2 fully saturated rings. The fourth-order valence-electron chi connectivity index (χ4n) is 3.87. The first-order valence-electron chi connectivity index (χ1n) is 9.89. The molecule has 12 nitrogen and oxygen atoms in total. The Morgan fingerprint density at radius 1 is 1.03 bits per heavy atom. The maximum atomic E-state index is 13.1. The van der Waals surface area contributed by atoms with Crippen molar-refractivity contribution in [3.8, 4) is 0 Å². The van der Waals surface area contributed by atoms with Crippen LogP contribution in [0.1, 0.15) is 46.0 Å². The number of rotatable bonds is 7. The number of amides is 4. The highest BCUT2D eigenvalue weighted by atomic mass is 16.3. The summed E-state index contributed by atoms with van der Waals surface area (Å²) in [5.74, 6) is -1.99. The molecule has 2 aliphatic heterocycles. The molecule has 5 atom stereocenters. The molecule has 0 aromatic heterocycles. The number of carbonyl (C=O) groups excluding carboxylic acids is 4. The van der Waals surface area contributed by atoms with E-state index < -0.39 is 42.1 Å². The van der Waals surface area contributed by atoms with Gasteiger partial charge in [0.1, 0.15) is 18.1 Å². The molecule has 2 saturated heterocycles. The van der Waals surface area contributed by atoms with Crippen LogP contribution in [0.2, 0.25) is 0 Å². The summed E-state index contributed by atoms with van der Waals surface area (Å²) in [6.45, 7) is 3.68. The van der Waals surface area contributed by atoms with Crippen LogP contribution in [0.3, 0.4) is 0 Å². The first-order valence-corrected chi connectivity index (χ1v) is 9.89. The van der Waals surface area contributed by atoms with Gasteiger partial charge in [-0.15, -0.1) is 0 Å². The predicted molar refractivity (Wildman–Crippen MR) is 102 cm³/mol. The lowest BCUT2D eigenvalue weighted by Gasteiger charge is -2.32. The first-order chi connectivity index (χ1) is 14.1. The van der Waals surface area contributed by atoms with Crippen molar-refractivity contribution in [1.82, 2.24) is 15.1 Å². The lowest BCUT2D eigenvalue weighted by molar-refractivity contribution is -0.147. The maximum absolute atomic E-state index is 13.1. The van der Waals surface area contributed by atoms with E-state index in [0.29, 0.717) is 38.8 Å². The van der Waals surface area contributed by atoms with Crippen molar-refractivity contribution in [3.63, 3.8) is 0 Å². The smallest absolute Gasteiger partial charge is 0.246 e. The number of hydrogen-bond acceptors (Lipinski definition) is 8. The molecule has 2 aliphatic rings. The zero-order valence-electron chi connectivity index (χ0n) is 17.2. The number of hydrogen-bond donors (Lipinski definition) is 4. The van der Waals surface area contributed by atoms with Crippen molar-refractivity contribution in [2.24, 2.45) is 5.73 Å². The second kappa shape index (κ2) is 11.4. The number of aliphatic hydroxyl groups excluding tert-OH is 2.